The number of ether oxygens (including phenoxy) is 1. The topological polar surface area (TPSA) is 75.6 Å². The molecule has 0 unspecified atom stereocenters. The number of hydrogen-bond acceptors (Lipinski definition) is 4. The fourth-order valence-electron chi connectivity index (χ4n) is 2.98. The zero-order valence-electron chi connectivity index (χ0n) is 15.5. The zero-order chi connectivity index (χ0) is 19.5. The van der Waals surface area contributed by atoms with Crippen LogP contribution in [-0.4, -0.2) is 15.2 Å². The molecule has 0 saturated heterocycles. The molecule has 0 radical (unpaired) electrons. The van der Waals surface area contributed by atoms with Gasteiger partial charge < -0.3 is 20.1 Å². The van der Waals surface area contributed by atoms with Crippen molar-refractivity contribution in [1.82, 2.24) is 0 Å². The molecule has 4 aromatic rings. The minimum Gasteiger partial charge on any atom is -0.870 e. The van der Waals surface area contributed by atoms with E-state index in [0.29, 0.717) is 5.56 Å². The van der Waals surface area contributed by atoms with Crippen molar-refractivity contribution in [2.45, 2.75) is 0 Å². The first-order valence-electron chi connectivity index (χ1n) is 8.75. The number of aromatic hydroxyl groups is 1. The first-order valence-corrected chi connectivity index (χ1v) is 8.75. The second-order valence-electron chi connectivity index (χ2n) is 6.32. The largest absolute Gasteiger partial charge is 2.00 e. The summed E-state index contributed by atoms with van der Waals surface area (Å²) in [6, 6.07) is 26.5. The number of phenolic OH excluding ortho intramolecular Hbond substituents is 1. The van der Waals surface area contributed by atoms with E-state index in [2.05, 4.69) is 0 Å². The van der Waals surface area contributed by atoms with E-state index in [1.165, 1.54) is 18.2 Å². The fourth-order valence-corrected chi connectivity index (χ4v) is 2.98. The van der Waals surface area contributed by atoms with Gasteiger partial charge in [-0.05, 0) is 46.2 Å². The van der Waals surface area contributed by atoms with E-state index >= 15 is 0 Å². The van der Waals surface area contributed by atoms with Gasteiger partial charge in [-0.3, -0.25) is 0 Å². The third kappa shape index (κ3) is 4.23. The maximum absolute atomic E-state index is 12.3. The number of hydrogen-bond donors (Lipinski definition) is 1. The van der Waals surface area contributed by atoms with Crippen LogP contribution in [0.1, 0.15) is 0 Å². The van der Waals surface area contributed by atoms with Gasteiger partial charge in [0.2, 0.25) is 0 Å². The van der Waals surface area contributed by atoms with E-state index in [4.69, 9.17) is 4.74 Å². The monoisotopic (exact) mass is 377 g/mol. The van der Waals surface area contributed by atoms with Crippen LogP contribution in [-0.2, 0) is 0 Å². The Kier molecular flexibility index (Phi) is 5.87. The van der Waals surface area contributed by atoms with Crippen molar-refractivity contribution >= 4 is 10.1 Å². The van der Waals surface area contributed by atoms with Gasteiger partial charge in [-0.25, -0.2) is 0 Å². The van der Waals surface area contributed by atoms with Gasteiger partial charge in [0, 0.05) is 0 Å². The Morgan fingerprint density at radius 1 is 0.586 bits per heavy atom. The second kappa shape index (κ2) is 8.51. The van der Waals surface area contributed by atoms with Gasteiger partial charge in [-0.15, -0.1) is 0 Å². The first-order chi connectivity index (χ1) is 13.6. The van der Waals surface area contributed by atoms with Crippen molar-refractivity contribution in [1.29, 1.82) is 0 Å². The predicted molar refractivity (Wildman–Crippen MR) is 110 cm³/mol. The molecule has 0 aliphatic rings. The van der Waals surface area contributed by atoms with Crippen molar-refractivity contribution in [3.63, 3.8) is 0 Å². The summed E-state index contributed by atoms with van der Waals surface area (Å²) < 4.78 is 5.66. The van der Waals surface area contributed by atoms with Gasteiger partial charge >= 0.3 is 10.1 Å². The van der Waals surface area contributed by atoms with Crippen LogP contribution in [0.4, 0.5) is 0 Å². The maximum atomic E-state index is 12.3. The number of rotatable bonds is 4. The Balaban J connectivity index is 0.00000240. The van der Waals surface area contributed by atoms with Crippen LogP contribution in [0.3, 0.4) is 0 Å². The standard InChI is InChI=1S/C24H18O4.Be/c25-20-12-11-18(16-7-3-1-4-8-16)14-22(20)28-23-15-19(13-21(26)24(23)27)17-9-5-2-6-10-17;/h1-15,25-27H;/q;+2/p-2. The van der Waals surface area contributed by atoms with E-state index in [1.54, 1.807) is 12.1 Å². The third-order valence-corrected chi connectivity index (χ3v) is 4.41. The Hall–Kier alpha value is -3.75. The molecule has 4 aromatic carbocycles. The van der Waals surface area contributed by atoms with Crippen LogP contribution in [0.25, 0.3) is 22.3 Å². The van der Waals surface area contributed by atoms with Crippen LogP contribution in [0.2, 0.25) is 0 Å². The molecule has 138 valence electrons. The number of phenols is 1. The van der Waals surface area contributed by atoms with Crippen LogP contribution < -0.4 is 14.9 Å². The predicted octanol–water partition coefficient (Wildman–Crippen LogP) is 4.28. The van der Waals surface area contributed by atoms with E-state index < -0.39 is 11.5 Å². The van der Waals surface area contributed by atoms with Gasteiger partial charge in [0.15, 0.2) is 0 Å². The van der Waals surface area contributed by atoms with Gasteiger partial charge in [0.25, 0.3) is 0 Å². The van der Waals surface area contributed by atoms with Gasteiger partial charge in [-0.1, -0.05) is 78.5 Å². The van der Waals surface area contributed by atoms with Crippen molar-refractivity contribution in [2.24, 2.45) is 0 Å². The fraction of sp³-hybridized carbons (Fsp3) is 0. The molecule has 0 fully saturated rings. The van der Waals surface area contributed by atoms with Crippen molar-refractivity contribution in [3.05, 3.63) is 91.0 Å². The summed E-state index contributed by atoms with van der Waals surface area (Å²) in [4.78, 5) is 0. The molecule has 0 amide bonds. The molecule has 0 spiro atoms. The maximum Gasteiger partial charge on any atom is 2.00 e. The molecular weight excluding hydrogens is 361 g/mol. The smallest absolute Gasteiger partial charge is 0.870 e. The van der Waals surface area contributed by atoms with Crippen LogP contribution in [0.15, 0.2) is 91.0 Å². The Morgan fingerprint density at radius 3 is 1.76 bits per heavy atom. The summed E-state index contributed by atoms with van der Waals surface area (Å²) >= 11 is 0. The number of benzene rings is 4. The molecule has 1 N–H and O–H groups in total. The van der Waals surface area contributed by atoms with Crippen molar-refractivity contribution in [3.8, 4) is 51.0 Å². The molecule has 4 rings (SSSR count). The Bertz CT molecular complexity index is 1110. The normalized spacial score (nSPS) is 10.2. The Morgan fingerprint density at radius 2 is 1.14 bits per heavy atom. The first kappa shape index (κ1) is 20.0. The molecule has 0 aliphatic heterocycles. The average molecular weight is 377 g/mol. The van der Waals surface area contributed by atoms with Crippen LogP contribution in [0, 0.1) is 0 Å². The summed E-state index contributed by atoms with van der Waals surface area (Å²) in [5, 5.41) is 34.7. The molecule has 4 nitrogen and oxygen atoms in total. The van der Waals surface area contributed by atoms with Crippen molar-refractivity contribution in [2.75, 3.05) is 0 Å². The van der Waals surface area contributed by atoms with E-state index in [9.17, 15) is 15.3 Å². The summed E-state index contributed by atoms with van der Waals surface area (Å²) in [7, 11) is 0. The SMILES string of the molecule is [Be+2].[O-]c1ccc(-c2ccccc2)cc1Oc1cc(-c2ccccc2)cc(O)c1[O-]. The Labute approximate surface area is 172 Å². The van der Waals surface area contributed by atoms with Gasteiger partial charge in [0.05, 0.1) is 0 Å². The quantitative estimate of drug-likeness (QED) is 0.539. The summed E-state index contributed by atoms with van der Waals surface area (Å²) in [6.45, 7) is 0. The average Bonchev–Trinajstić information content (AvgIpc) is 2.74. The minimum atomic E-state index is -0.663. The van der Waals surface area contributed by atoms with Gasteiger partial charge in [-0.2, -0.15) is 0 Å². The molecular formula is C24H16BeO4. The van der Waals surface area contributed by atoms with Crippen molar-refractivity contribution < 1.29 is 20.1 Å². The minimum absolute atomic E-state index is 0. The molecule has 0 aromatic heterocycles. The van der Waals surface area contributed by atoms with E-state index in [0.717, 1.165) is 16.7 Å². The third-order valence-electron chi connectivity index (χ3n) is 4.41. The molecule has 29 heavy (non-hydrogen) atoms. The zero-order valence-corrected chi connectivity index (χ0v) is 15.5. The molecule has 0 heterocycles. The van der Waals surface area contributed by atoms with E-state index in [1.807, 2.05) is 60.7 Å². The molecule has 0 atom stereocenters. The summed E-state index contributed by atoms with van der Waals surface area (Å²) in [5.74, 6) is -1.50. The second-order valence-corrected chi connectivity index (χ2v) is 6.32. The summed E-state index contributed by atoms with van der Waals surface area (Å²) in [5.41, 5.74) is 3.17. The molecule has 0 aliphatic carbocycles. The molecule has 5 heteroatoms. The molecule has 0 saturated carbocycles. The van der Waals surface area contributed by atoms with Gasteiger partial charge in [0.1, 0.15) is 17.2 Å². The van der Waals surface area contributed by atoms with Crippen LogP contribution in [0.5, 0.6) is 28.7 Å². The van der Waals surface area contributed by atoms with Crippen LogP contribution >= 0.6 is 0 Å². The summed E-state index contributed by atoms with van der Waals surface area (Å²) in [6.07, 6.45) is 0. The molecule has 0 bridgehead atoms. The van der Waals surface area contributed by atoms with E-state index in [-0.39, 0.29) is 27.4 Å².